The molecular weight excluding hydrogens is 346 g/mol. The van der Waals surface area contributed by atoms with Gasteiger partial charge in [0.1, 0.15) is 0 Å². The van der Waals surface area contributed by atoms with Gasteiger partial charge in [0, 0.05) is 10.7 Å². The highest BCUT2D eigenvalue weighted by Crippen LogP contribution is 2.27. The molecule has 0 unspecified atom stereocenters. The number of hydrogen-bond acceptors (Lipinski definition) is 2. The van der Waals surface area contributed by atoms with E-state index in [-0.39, 0.29) is 18.1 Å². The summed E-state index contributed by atoms with van der Waals surface area (Å²) in [6.45, 7) is 0. The van der Waals surface area contributed by atoms with E-state index in [1.807, 2.05) is 60.7 Å². The van der Waals surface area contributed by atoms with E-state index in [9.17, 15) is 4.79 Å². The second-order valence-corrected chi connectivity index (χ2v) is 6.37. The second kappa shape index (κ2) is 8.52. The fourth-order valence-electron chi connectivity index (χ4n) is 2.75. The van der Waals surface area contributed by atoms with E-state index in [1.54, 1.807) is 24.3 Å². The molecule has 132 valence electrons. The van der Waals surface area contributed by atoms with E-state index in [0.717, 1.165) is 11.1 Å². The molecule has 0 saturated heterocycles. The van der Waals surface area contributed by atoms with Crippen LogP contribution >= 0.6 is 11.6 Å². The van der Waals surface area contributed by atoms with Crippen molar-refractivity contribution >= 4 is 23.3 Å². The standard InChI is InChI=1S/C21H20ClN3O/c22-17-11-13-18(14-12-17)24-21(26)25-20(16-9-5-2-6-10-16)19(23)15-7-3-1-4-8-15/h1-14,19-20H,23H2,(H2,24,25,26)/t19-,20-/m1/s1. The Kier molecular flexibility index (Phi) is 5.89. The van der Waals surface area contributed by atoms with Gasteiger partial charge in [0.25, 0.3) is 0 Å². The molecule has 0 radical (unpaired) electrons. The van der Waals surface area contributed by atoms with Crippen molar-refractivity contribution in [3.63, 3.8) is 0 Å². The van der Waals surface area contributed by atoms with Crippen molar-refractivity contribution in [2.24, 2.45) is 5.73 Å². The van der Waals surface area contributed by atoms with Gasteiger partial charge in [-0.15, -0.1) is 0 Å². The minimum absolute atomic E-state index is 0.326. The third-order valence-electron chi connectivity index (χ3n) is 4.09. The van der Waals surface area contributed by atoms with Crippen LogP contribution in [0.5, 0.6) is 0 Å². The van der Waals surface area contributed by atoms with E-state index >= 15 is 0 Å². The quantitative estimate of drug-likeness (QED) is 0.601. The molecule has 0 aliphatic carbocycles. The zero-order chi connectivity index (χ0) is 18.4. The molecule has 2 atom stereocenters. The van der Waals surface area contributed by atoms with Gasteiger partial charge in [0.15, 0.2) is 0 Å². The van der Waals surface area contributed by atoms with Crippen LogP contribution in [0.15, 0.2) is 84.9 Å². The molecule has 5 heteroatoms. The number of amides is 2. The van der Waals surface area contributed by atoms with Gasteiger partial charge in [0.2, 0.25) is 0 Å². The van der Waals surface area contributed by atoms with Crippen LogP contribution in [0, 0.1) is 0 Å². The Morgan fingerprint density at radius 2 is 1.35 bits per heavy atom. The summed E-state index contributed by atoms with van der Waals surface area (Å²) in [5.41, 5.74) is 9.02. The van der Waals surface area contributed by atoms with Crippen molar-refractivity contribution < 1.29 is 4.79 Å². The van der Waals surface area contributed by atoms with E-state index in [2.05, 4.69) is 10.6 Å². The monoisotopic (exact) mass is 365 g/mol. The van der Waals surface area contributed by atoms with E-state index < -0.39 is 0 Å². The Hall–Kier alpha value is -2.82. The lowest BCUT2D eigenvalue weighted by Crippen LogP contribution is -2.38. The first-order valence-electron chi connectivity index (χ1n) is 8.32. The predicted molar refractivity (Wildman–Crippen MR) is 106 cm³/mol. The number of nitrogens with two attached hydrogens (primary N) is 1. The maximum Gasteiger partial charge on any atom is 0.319 e. The Labute approximate surface area is 158 Å². The summed E-state index contributed by atoms with van der Waals surface area (Å²) in [5.74, 6) is 0. The molecule has 3 aromatic carbocycles. The maximum atomic E-state index is 12.5. The lowest BCUT2D eigenvalue weighted by Gasteiger charge is -2.26. The molecule has 0 heterocycles. The Bertz CT molecular complexity index is 838. The number of rotatable bonds is 5. The van der Waals surface area contributed by atoms with Crippen molar-refractivity contribution in [3.8, 4) is 0 Å². The van der Waals surface area contributed by atoms with Gasteiger partial charge in [0.05, 0.1) is 12.1 Å². The van der Waals surface area contributed by atoms with Crippen LogP contribution in [0.1, 0.15) is 23.2 Å². The van der Waals surface area contributed by atoms with Gasteiger partial charge in [-0.05, 0) is 35.4 Å². The zero-order valence-corrected chi connectivity index (χ0v) is 14.9. The summed E-state index contributed by atoms with van der Waals surface area (Å²) in [5, 5.41) is 6.41. The van der Waals surface area contributed by atoms with Gasteiger partial charge < -0.3 is 16.4 Å². The smallest absolute Gasteiger partial charge is 0.319 e. The lowest BCUT2D eigenvalue weighted by atomic mass is 9.94. The van der Waals surface area contributed by atoms with Crippen LogP contribution in [0.2, 0.25) is 5.02 Å². The lowest BCUT2D eigenvalue weighted by molar-refractivity contribution is 0.246. The number of nitrogens with one attached hydrogen (secondary N) is 2. The summed E-state index contributed by atoms with van der Waals surface area (Å²) in [7, 11) is 0. The molecule has 0 aromatic heterocycles. The fourth-order valence-corrected chi connectivity index (χ4v) is 2.88. The topological polar surface area (TPSA) is 67.1 Å². The highest BCUT2D eigenvalue weighted by molar-refractivity contribution is 6.30. The SMILES string of the molecule is N[C@H](c1ccccc1)[C@H](NC(=O)Nc1ccc(Cl)cc1)c1ccccc1. The first-order chi connectivity index (χ1) is 12.6. The number of anilines is 1. The van der Waals surface area contributed by atoms with Crippen LogP contribution in [-0.2, 0) is 0 Å². The highest BCUT2D eigenvalue weighted by atomic mass is 35.5. The fraction of sp³-hybridized carbons (Fsp3) is 0.0952. The molecule has 0 bridgehead atoms. The Balaban J connectivity index is 1.79. The minimum atomic E-state index is -0.380. The van der Waals surface area contributed by atoms with Gasteiger partial charge in [-0.3, -0.25) is 0 Å². The van der Waals surface area contributed by atoms with E-state index in [4.69, 9.17) is 17.3 Å². The summed E-state index contributed by atoms with van der Waals surface area (Å²) < 4.78 is 0. The summed E-state index contributed by atoms with van der Waals surface area (Å²) in [6.07, 6.45) is 0. The van der Waals surface area contributed by atoms with Crippen molar-refractivity contribution in [1.29, 1.82) is 0 Å². The molecule has 0 saturated carbocycles. The minimum Gasteiger partial charge on any atom is -0.329 e. The van der Waals surface area contributed by atoms with Gasteiger partial charge in [-0.25, -0.2) is 4.79 Å². The van der Waals surface area contributed by atoms with Crippen molar-refractivity contribution in [1.82, 2.24) is 5.32 Å². The van der Waals surface area contributed by atoms with Gasteiger partial charge >= 0.3 is 6.03 Å². The normalized spacial score (nSPS) is 12.8. The second-order valence-electron chi connectivity index (χ2n) is 5.93. The number of halogens is 1. The predicted octanol–water partition coefficient (Wildman–Crippen LogP) is 4.90. The molecule has 0 aliphatic rings. The Morgan fingerprint density at radius 1 is 0.808 bits per heavy atom. The number of benzene rings is 3. The molecule has 0 spiro atoms. The third-order valence-corrected chi connectivity index (χ3v) is 4.34. The first-order valence-corrected chi connectivity index (χ1v) is 8.70. The summed E-state index contributed by atoms with van der Waals surface area (Å²) in [4.78, 5) is 12.5. The summed E-state index contributed by atoms with van der Waals surface area (Å²) in [6, 6.07) is 25.3. The molecule has 2 amide bonds. The van der Waals surface area contributed by atoms with Gasteiger partial charge in [-0.1, -0.05) is 72.3 Å². The number of hydrogen-bond donors (Lipinski definition) is 3. The molecular formula is C21H20ClN3O. The number of carbonyl (C=O) groups is 1. The average molecular weight is 366 g/mol. The molecule has 0 fully saturated rings. The van der Waals surface area contributed by atoms with Crippen LogP contribution in [-0.4, -0.2) is 6.03 Å². The molecule has 3 aromatic rings. The summed E-state index contributed by atoms with van der Waals surface area (Å²) >= 11 is 5.88. The number of urea groups is 1. The zero-order valence-electron chi connectivity index (χ0n) is 14.1. The number of carbonyl (C=O) groups excluding carboxylic acids is 1. The largest absolute Gasteiger partial charge is 0.329 e. The highest BCUT2D eigenvalue weighted by Gasteiger charge is 2.23. The average Bonchev–Trinajstić information content (AvgIpc) is 2.69. The van der Waals surface area contributed by atoms with Crippen molar-refractivity contribution in [2.75, 3.05) is 5.32 Å². The Morgan fingerprint density at radius 3 is 1.92 bits per heavy atom. The van der Waals surface area contributed by atoms with Crippen LogP contribution in [0.3, 0.4) is 0 Å². The van der Waals surface area contributed by atoms with E-state index in [1.165, 1.54) is 0 Å². The van der Waals surface area contributed by atoms with Crippen LogP contribution in [0.25, 0.3) is 0 Å². The molecule has 4 N–H and O–H groups in total. The molecule has 4 nitrogen and oxygen atoms in total. The maximum absolute atomic E-state index is 12.5. The van der Waals surface area contributed by atoms with Crippen LogP contribution < -0.4 is 16.4 Å². The van der Waals surface area contributed by atoms with E-state index in [0.29, 0.717) is 10.7 Å². The van der Waals surface area contributed by atoms with Crippen molar-refractivity contribution in [3.05, 3.63) is 101 Å². The first kappa shape index (κ1) is 18.0. The molecule has 0 aliphatic heterocycles. The third kappa shape index (κ3) is 4.63. The molecule has 26 heavy (non-hydrogen) atoms. The molecule has 3 rings (SSSR count). The van der Waals surface area contributed by atoms with Crippen molar-refractivity contribution in [2.45, 2.75) is 12.1 Å². The van der Waals surface area contributed by atoms with Gasteiger partial charge in [-0.2, -0.15) is 0 Å². The van der Waals surface area contributed by atoms with Crippen LogP contribution in [0.4, 0.5) is 10.5 Å².